The van der Waals surface area contributed by atoms with E-state index in [1.807, 2.05) is 20.8 Å². The molecule has 0 aromatic rings. The van der Waals surface area contributed by atoms with Crippen molar-refractivity contribution in [2.45, 2.75) is 52.9 Å². The third-order valence-corrected chi connectivity index (χ3v) is 2.76. The Labute approximate surface area is 121 Å². The lowest BCUT2D eigenvalue weighted by Crippen LogP contribution is -2.30. The second-order valence-electron chi connectivity index (χ2n) is 4.32. The summed E-state index contributed by atoms with van der Waals surface area (Å²) in [4.78, 5) is 35.0. The molecule has 0 bridgehead atoms. The van der Waals surface area contributed by atoms with Crippen molar-refractivity contribution in [3.05, 3.63) is 12.2 Å². The van der Waals surface area contributed by atoms with Gasteiger partial charge >= 0.3 is 0 Å². The van der Waals surface area contributed by atoms with E-state index >= 15 is 0 Å². The molecule has 5 heteroatoms. The molecule has 114 valence electrons. The van der Waals surface area contributed by atoms with Crippen LogP contribution < -0.4 is 5.32 Å². The number of nitrogens with zero attached hydrogens (tertiary/aromatic N) is 1. The van der Waals surface area contributed by atoms with E-state index in [2.05, 4.69) is 5.32 Å². The summed E-state index contributed by atoms with van der Waals surface area (Å²) in [5.41, 5.74) is 0. The van der Waals surface area contributed by atoms with Crippen LogP contribution in [0.4, 0.5) is 0 Å². The Kier molecular flexibility index (Phi) is 10.3. The van der Waals surface area contributed by atoms with Crippen LogP contribution in [0.1, 0.15) is 52.9 Å². The second-order valence-corrected chi connectivity index (χ2v) is 4.32. The zero-order chi connectivity index (χ0) is 15.4. The molecule has 1 heterocycles. The van der Waals surface area contributed by atoms with Crippen molar-refractivity contribution in [2.75, 3.05) is 13.1 Å². The molecule has 1 aliphatic rings. The minimum atomic E-state index is -0.235. The molecular formula is C15H26N2O3. The first kappa shape index (κ1) is 18.4. The van der Waals surface area contributed by atoms with E-state index < -0.39 is 0 Å². The highest BCUT2D eigenvalue weighted by Gasteiger charge is 2.22. The maximum atomic E-state index is 11.3. The average molecular weight is 282 g/mol. The van der Waals surface area contributed by atoms with Crippen molar-refractivity contribution in [3.8, 4) is 0 Å². The van der Waals surface area contributed by atoms with Gasteiger partial charge in [-0.3, -0.25) is 19.3 Å². The van der Waals surface area contributed by atoms with Gasteiger partial charge in [0.25, 0.3) is 11.8 Å². The van der Waals surface area contributed by atoms with Crippen LogP contribution >= 0.6 is 0 Å². The third-order valence-electron chi connectivity index (χ3n) is 2.76. The van der Waals surface area contributed by atoms with Crippen molar-refractivity contribution < 1.29 is 14.4 Å². The van der Waals surface area contributed by atoms with E-state index in [0.29, 0.717) is 13.0 Å². The predicted octanol–water partition coefficient (Wildman–Crippen LogP) is 2.02. The molecule has 0 unspecified atom stereocenters. The standard InChI is InChI=1S/C13H20N2O3.C2H6/c1-2-9-14-11(16)6-4-3-5-10-15-12(17)7-8-13(15)18;1-2/h7-8H,2-6,9-10H2,1H3,(H,14,16);1-2H3. The fourth-order valence-corrected chi connectivity index (χ4v) is 1.74. The Balaban J connectivity index is 0.00000172. The Hall–Kier alpha value is -1.65. The number of carbonyl (C=O) groups is 3. The molecule has 0 aliphatic carbocycles. The molecule has 0 saturated carbocycles. The molecule has 0 aromatic heterocycles. The number of carbonyl (C=O) groups excluding carboxylic acids is 3. The summed E-state index contributed by atoms with van der Waals surface area (Å²) in [6.45, 7) is 7.18. The van der Waals surface area contributed by atoms with Crippen molar-refractivity contribution >= 4 is 17.7 Å². The summed E-state index contributed by atoms with van der Waals surface area (Å²) in [6.07, 6.45) is 6.43. The van der Waals surface area contributed by atoms with Crippen LogP contribution in [0, 0.1) is 0 Å². The van der Waals surface area contributed by atoms with Gasteiger partial charge in [0.2, 0.25) is 5.91 Å². The van der Waals surface area contributed by atoms with E-state index in [4.69, 9.17) is 0 Å². The molecule has 0 radical (unpaired) electrons. The van der Waals surface area contributed by atoms with E-state index in [0.717, 1.165) is 32.2 Å². The normalized spacial score (nSPS) is 13.2. The lowest BCUT2D eigenvalue weighted by atomic mass is 10.2. The average Bonchev–Trinajstić information content (AvgIpc) is 2.78. The quantitative estimate of drug-likeness (QED) is 0.547. The number of unbranched alkanes of at least 4 members (excludes halogenated alkanes) is 2. The lowest BCUT2D eigenvalue weighted by molar-refractivity contribution is -0.136. The summed E-state index contributed by atoms with van der Waals surface area (Å²) < 4.78 is 0. The minimum absolute atomic E-state index is 0.0758. The van der Waals surface area contributed by atoms with Gasteiger partial charge in [0.05, 0.1) is 0 Å². The van der Waals surface area contributed by atoms with Gasteiger partial charge in [-0.05, 0) is 19.3 Å². The zero-order valence-electron chi connectivity index (χ0n) is 12.8. The van der Waals surface area contributed by atoms with Gasteiger partial charge in [0.15, 0.2) is 0 Å². The fraction of sp³-hybridized carbons (Fsp3) is 0.667. The Morgan fingerprint density at radius 2 is 1.70 bits per heavy atom. The highest BCUT2D eigenvalue weighted by Crippen LogP contribution is 2.07. The van der Waals surface area contributed by atoms with Crippen LogP contribution in [0.5, 0.6) is 0 Å². The number of imide groups is 1. The predicted molar refractivity (Wildman–Crippen MR) is 79.0 cm³/mol. The molecule has 0 spiro atoms. The molecule has 1 aliphatic heterocycles. The van der Waals surface area contributed by atoms with Gasteiger partial charge in [-0.2, -0.15) is 0 Å². The molecule has 5 nitrogen and oxygen atoms in total. The SMILES string of the molecule is CC.CCCNC(=O)CCCCCN1C(=O)C=CC1=O. The molecular weight excluding hydrogens is 256 g/mol. The van der Waals surface area contributed by atoms with Gasteiger partial charge in [0, 0.05) is 31.7 Å². The molecule has 3 amide bonds. The first-order valence-corrected chi connectivity index (χ1v) is 7.45. The first-order chi connectivity index (χ1) is 9.65. The van der Waals surface area contributed by atoms with E-state index in [9.17, 15) is 14.4 Å². The molecule has 1 rings (SSSR count). The van der Waals surface area contributed by atoms with Gasteiger partial charge in [-0.1, -0.05) is 27.2 Å². The largest absolute Gasteiger partial charge is 0.356 e. The fourth-order valence-electron chi connectivity index (χ4n) is 1.74. The number of nitrogens with one attached hydrogen (secondary N) is 1. The number of hydrogen-bond acceptors (Lipinski definition) is 3. The van der Waals surface area contributed by atoms with Crippen LogP contribution in [0.15, 0.2) is 12.2 Å². The van der Waals surface area contributed by atoms with Crippen molar-refractivity contribution in [1.82, 2.24) is 10.2 Å². The summed E-state index contributed by atoms with van der Waals surface area (Å²) in [5.74, 6) is -0.395. The van der Waals surface area contributed by atoms with Crippen molar-refractivity contribution in [1.29, 1.82) is 0 Å². The third kappa shape index (κ3) is 7.07. The summed E-state index contributed by atoms with van der Waals surface area (Å²) in [6, 6.07) is 0. The van der Waals surface area contributed by atoms with Gasteiger partial charge in [0.1, 0.15) is 0 Å². The Bertz CT molecular complexity index is 333. The van der Waals surface area contributed by atoms with Crippen molar-refractivity contribution in [2.24, 2.45) is 0 Å². The van der Waals surface area contributed by atoms with E-state index in [1.54, 1.807) is 0 Å². The number of amides is 3. The molecule has 0 saturated heterocycles. The van der Waals surface area contributed by atoms with E-state index in [-0.39, 0.29) is 17.7 Å². The topological polar surface area (TPSA) is 66.5 Å². The van der Waals surface area contributed by atoms with Gasteiger partial charge in [-0.25, -0.2) is 0 Å². The summed E-state index contributed by atoms with van der Waals surface area (Å²) in [7, 11) is 0. The number of rotatable bonds is 8. The maximum absolute atomic E-state index is 11.3. The van der Waals surface area contributed by atoms with Crippen LogP contribution in [0.2, 0.25) is 0 Å². The highest BCUT2D eigenvalue weighted by atomic mass is 16.2. The number of hydrogen-bond donors (Lipinski definition) is 1. The van der Waals surface area contributed by atoms with Gasteiger partial charge in [-0.15, -0.1) is 0 Å². The summed E-state index contributed by atoms with van der Waals surface area (Å²) in [5, 5.41) is 2.81. The van der Waals surface area contributed by atoms with Crippen LogP contribution in [0.3, 0.4) is 0 Å². The van der Waals surface area contributed by atoms with Crippen molar-refractivity contribution in [3.63, 3.8) is 0 Å². The molecule has 20 heavy (non-hydrogen) atoms. The minimum Gasteiger partial charge on any atom is -0.356 e. The molecule has 0 fully saturated rings. The smallest absolute Gasteiger partial charge is 0.253 e. The van der Waals surface area contributed by atoms with E-state index in [1.165, 1.54) is 17.1 Å². The zero-order valence-corrected chi connectivity index (χ0v) is 12.8. The molecule has 1 N–H and O–H groups in total. The molecule has 0 aromatic carbocycles. The lowest BCUT2D eigenvalue weighted by Gasteiger charge is -2.12. The first-order valence-electron chi connectivity index (χ1n) is 7.45. The van der Waals surface area contributed by atoms with Crippen LogP contribution in [-0.2, 0) is 14.4 Å². The Morgan fingerprint density at radius 3 is 2.25 bits per heavy atom. The summed E-state index contributed by atoms with van der Waals surface area (Å²) >= 11 is 0. The highest BCUT2D eigenvalue weighted by molar-refractivity contribution is 6.12. The Morgan fingerprint density at radius 1 is 1.10 bits per heavy atom. The van der Waals surface area contributed by atoms with Crippen LogP contribution in [-0.4, -0.2) is 35.7 Å². The van der Waals surface area contributed by atoms with Crippen LogP contribution in [0.25, 0.3) is 0 Å². The maximum Gasteiger partial charge on any atom is 0.253 e. The van der Waals surface area contributed by atoms with Gasteiger partial charge < -0.3 is 5.32 Å². The molecule has 0 atom stereocenters. The monoisotopic (exact) mass is 282 g/mol. The second kappa shape index (κ2) is 11.2.